The molecule has 1 aromatic carbocycles. The molecule has 5 heteroatoms. The zero-order valence-electron chi connectivity index (χ0n) is 11.4. The number of rotatable bonds is 5. The van der Waals surface area contributed by atoms with Crippen LogP contribution in [0.2, 0.25) is 0 Å². The molecule has 0 aliphatic carbocycles. The lowest BCUT2D eigenvalue weighted by molar-refractivity contribution is 0.0944. The van der Waals surface area contributed by atoms with E-state index in [1.165, 1.54) is 0 Å². The van der Waals surface area contributed by atoms with Crippen molar-refractivity contribution >= 4 is 11.6 Å². The number of amides is 1. The smallest absolute Gasteiger partial charge is 0.253 e. The Bertz CT molecular complexity index is 419. The third kappa shape index (κ3) is 3.63. The van der Waals surface area contributed by atoms with Crippen molar-refractivity contribution in [3.63, 3.8) is 0 Å². The summed E-state index contributed by atoms with van der Waals surface area (Å²) in [6, 6.07) is 5.31. The van der Waals surface area contributed by atoms with E-state index in [0.717, 1.165) is 0 Å². The number of likely N-dealkylation sites (N-methyl/N-ethyl adjacent to an activating group) is 1. The van der Waals surface area contributed by atoms with Gasteiger partial charge in [0.05, 0.1) is 12.7 Å². The number of methoxy groups -OCH3 is 1. The van der Waals surface area contributed by atoms with Crippen LogP contribution in [0.15, 0.2) is 18.2 Å². The molecule has 1 aromatic rings. The average Bonchev–Trinajstić information content (AvgIpc) is 2.34. The van der Waals surface area contributed by atoms with Crippen LogP contribution in [0.4, 0.5) is 5.69 Å². The topological polar surface area (TPSA) is 67.6 Å². The first-order valence-electron chi connectivity index (χ1n) is 5.83. The van der Waals surface area contributed by atoms with Crippen molar-refractivity contribution in [1.82, 2.24) is 10.2 Å². The number of anilines is 1. The van der Waals surface area contributed by atoms with Gasteiger partial charge in [0, 0.05) is 24.3 Å². The van der Waals surface area contributed by atoms with Crippen LogP contribution in [0.1, 0.15) is 17.3 Å². The molecule has 0 aliphatic rings. The van der Waals surface area contributed by atoms with E-state index in [1.54, 1.807) is 25.3 Å². The number of benzene rings is 1. The number of nitrogen functional groups attached to an aromatic ring is 1. The van der Waals surface area contributed by atoms with Crippen molar-refractivity contribution < 1.29 is 9.53 Å². The highest BCUT2D eigenvalue weighted by Crippen LogP contribution is 2.19. The first-order valence-corrected chi connectivity index (χ1v) is 5.83. The molecule has 0 heterocycles. The molecule has 0 spiro atoms. The van der Waals surface area contributed by atoms with Gasteiger partial charge < -0.3 is 20.7 Å². The highest BCUT2D eigenvalue weighted by atomic mass is 16.5. The first kappa shape index (κ1) is 14.3. The summed E-state index contributed by atoms with van der Waals surface area (Å²) in [4.78, 5) is 14.0. The summed E-state index contributed by atoms with van der Waals surface area (Å²) in [5.41, 5.74) is 6.71. The largest absolute Gasteiger partial charge is 0.497 e. The Hall–Kier alpha value is -1.75. The number of nitrogens with one attached hydrogen (secondary N) is 1. The van der Waals surface area contributed by atoms with E-state index in [-0.39, 0.29) is 11.9 Å². The maximum absolute atomic E-state index is 11.9. The van der Waals surface area contributed by atoms with Crippen LogP contribution in [-0.2, 0) is 0 Å². The number of carbonyl (C=O) groups excluding carboxylic acids is 1. The highest BCUT2D eigenvalue weighted by molar-refractivity contribution is 5.99. The Labute approximate surface area is 108 Å². The van der Waals surface area contributed by atoms with E-state index >= 15 is 0 Å². The second-order valence-corrected chi connectivity index (χ2v) is 4.48. The summed E-state index contributed by atoms with van der Waals surface area (Å²) >= 11 is 0. The van der Waals surface area contributed by atoms with E-state index in [9.17, 15) is 4.79 Å². The minimum absolute atomic E-state index is 0.163. The summed E-state index contributed by atoms with van der Waals surface area (Å²) in [7, 11) is 5.50. The van der Waals surface area contributed by atoms with Gasteiger partial charge in [-0.25, -0.2) is 0 Å². The average molecular weight is 251 g/mol. The molecule has 3 N–H and O–H groups in total. The molecule has 1 atom stereocenters. The van der Waals surface area contributed by atoms with Gasteiger partial charge in [-0.15, -0.1) is 0 Å². The minimum atomic E-state index is -0.163. The molecule has 0 aromatic heterocycles. The van der Waals surface area contributed by atoms with E-state index in [2.05, 4.69) is 5.32 Å². The number of ether oxygens (including phenoxy) is 1. The SMILES string of the molecule is COc1ccc(C(=O)NCC(C)N(C)C)c(N)c1. The predicted molar refractivity (Wildman–Crippen MR) is 72.9 cm³/mol. The van der Waals surface area contributed by atoms with Crippen molar-refractivity contribution in [3.8, 4) is 5.75 Å². The lowest BCUT2D eigenvalue weighted by atomic mass is 10.1. The van der Waals surface area contributed by atoms with Crippen molar-refractivity contribution in [3.05, 3.63) is 23.8 Å². The van der Waals surface area contributed by atoms with Crippen LogP contribution in [0, 0.1) is 0 Å². The molecule has 0 aliphatic heterocycles. The number of hydrogen-bond acceptors (Lipinski definition) is 4. The molecule has 1 unspecified atom stereocenters. The van der Waals surface area contributed by atoms with Gasteiger partial charge in [-0.1, -0.05) is 0 Å². The van der Waals surface area contributed by atoms with Crippen molar-refractivity contribution in [1.29, 1.82) is 0 Å². The molecule has 1 rings (SSSR count). The fraction of sp³-hybridized carbons (Fsp3) is 0.462. The summed E-state index contributed by atoms with van der Waals surface area (Å²) in [6.45, 7) is 2.62. The molecular weight excluding hydrogens is 230 g/mol. The molecule has 0 fully saturated rings. The third-order valence-electron chi connectivity index (χ3n) is 2.94. The molecule has 0 radical (unpaired) electrons. The molecule has 0 bridgehead atoms. The number of nitrogens with two attached hydrogens (primary N) is 1. The molecule has 0 saturated heterocycles. The lowest BCUT2D eigenvalue weighted by Gasteiger charge is -2.20. The summed E-state index contributed by atoms with van der Waals surface area (Å²) in [5.74, 6) is 0.481. The molecule has 1 amide bonds. The van der Waals surface area contributed by atoms with Crippen LogP contribution in [0.5, 0.6) is 5.75 Å². The van der Waals surface area contributed by atoms with Gasteiger partial charge in [0.15, 0.2) is 0 Å². The number of nitrogens with zero attached hydrogens (tertiary/aromatic N) is 1. The van der Waals surface area contributed by atoms with Crippen LogP contribution in [0.25, 0.3) is 0 Å². The van der Waals surface area contributed by atoms with Gasteiger partial charge in [-0.2, -0.15) is 0 Å². The quantitative estimate of drug-likeness (QED) is 0.765. The lowest BCUT2D eigenvalue weighted by Crippen LogP contribution is -2.38. The zero-order chi connectivity index (χ0) is 13.7. The predicted octanol–water partition coefficient (Wildman–Crippen LogP) is 0.957. The van der Waals surface area contributed by atoms with Crippen molar-refractivity contribution in [2.75, 3.05) is 33.5 Å². The van der Waals surface area contributed by atoms with Gasteiger partial charge in [-0.3, -0.25) is 4.79 Å². The fourth-order valence-electron chi connectivity index (χ4n) is 1.39. The fourth-order valence-corrected chi connectivity index (χ4v) is 1.39. The van der Waals surface area contributed by atoms with Gasteiger partial charge in [0.1, 0.15) is 5.75 Å². The third-order valence-corrected chi connectivity index (χ3v) is 2.94. The molecule has 5 nitrogen and oxygen atoms in total. The van der Waals surface area contributed by atoms with Crippen LogP contribution in [-0.4, -0.2) is 44.6 Å². The first-order chi connectivity index (χ1) is 8.45. The van der Waals surface area contributed by atoms with E-state index in [4.69, 9.17) is 10.5 Å². The molecule has 100 valence electrons. The Kier molecular flexibility index (Phi) is 4.97. The van der Waals surface area contributed by atoms with Crippen LogP contribution < -0.4 is 15.8 Å². The van der Waals surface area contributed by atoms with Gasteiger partial charge >= 0.3 is 0 Å². The van der Waals surface area contributed by atoms with Gasteiger partial charge in [0.2, 0.25) is 0 Å². The summed E-state index contributed by atoms with van der Waals surface area (Å²) in [5, 5.41) is 2.86. The molecule has 0 saturated carbocycles. The van der Waals surface area contributed by atoms with Crippen LogP contribution in [0.3, 0.4) is 0 Å². The zero-order valence-corrected chi connectivity index (χ0v) is 11.4. The van der Waals surface area contributed by atoms with E-state index in [1.807, 2.05) is 25.9 Å². The van der Waals surface area contributed by atoms with Gasteiger partial charge in [-0.05, 0) is 33.2 Å². The van der Waals surface area contributed by atoms with E-state index in [0.29, 0.717) is 23.5 Å². The van der Waals surface area contributed by atoms with Crippen molar-refractivity contribution in [2.45, 2.75) is 13.0 Å². The summed E-state index contributed by atoms with van der Waals surface area (Å²) < 4.78 is 5.04. The normalized spacial score (nSPS) is 12.3. The molecule has 18 heavy (non-hydrogen) atoms. The monoisotopic (exact) mass is 251 g/mol. The maximum atomic E-state index is 11.9. The summed E-state index contributed by atoms with van der Waals surface area (Å²) in [6.07, 6.45) is 0. The Morgan fingerprint density at radius 1 is 1.50 bits per heavy atom. The maximum Gasteiger partial charge on any atom is 0.253 e. The second-order valence-electron chi connectivity index (χ2n) is 4.48. The highest BCUT2D eigenvalue weighted by Gasteiger charge is 2.12. The van der Waals surface area contributed by atoms with E-state index < -0.39 is 0 Å². The Balaban J connectivity index is 2.67. The number of carbonyl (C=O) groups is 1. The van der Waals surface area contributed by atoms with Gasteiger partial charge in [0.25, 0.3) is 5.91 Å². The second kappa shape index (κ2) is 6.26. The Morgan fingerprint density at radius 3 is 2.67 bits per heavy atom. The van der Waals surface area contributed by atoms with Crippen molar-refractivity contribution in [2.24, 2.45) is 0 Å². The van der Waals surface area contributed by atoms with Crippen LogP contribution >= 0.6 is 0 Å². The number of hydrogen-bond donors (Lipinski definition) is 2. The minimum Gasteiger partial charge on any atom is -0.497 e. The Morgan fingerprint density at radius 2 is 2.17 bits per heavy atom. The standard InChI is InChI=1S/C13H21N3O2/c1-9(16(2)3)8-15-13(17)11-6-5-10(18-4)7-12(11)14/h5-7,9H,8,14H2,1-4H3,(H,15,17). The molecular formula is C13H21N3O2.